The first kappa shape index (κ1) is 15.3. The summed E-state index contributed by atoms with van der Waals surface area (Å²) in [5, 5.41) is 5.93. The zero-order chi connectivity index (χ0) is 15.9. The van der Waals surface area contributed by atoms with Gasteiger partial charge in [0.2, 0.25) is 11.8 Å². The Labute approximate surface area is 134 Å². The number of carbonyl (C=O) groups excluding carboxylic acids is 2. The van der Waals surface area contributed by atoms with Crippen molar-refractivity contribution in [3.63, 3.8) is 0 Å². The van der Waals surface area contributed by atoms with E-state index in [1.807, 2.05) is 0 Å². The second-order valence-corrected chi connectivity index (χ2v) is 6.71. The Bertz CT molecular complexity index is 617. The van der Waals surface area contributed by atoms with Gasteiger partial charge in [0.15, 0.2) is 0 Å². The highest BCUT2D eigenvalue weighted by atomic mass is 35.5. The van der Waals surface area contributed by atoms with Gasteiger partial charge < -0.3 is 16.4 Å². The second-order valence-electron chi connectivity index (χ2n) is 6.30. The van der Waals surface area contributed by atoms with Crippen LogP contribution in [0.1, 0.15) is 26.2 Å². The van der Waals surface area contributed by atoms with Crippen molar-refractivity contribution in [3.05, 3.63) is 23.2 Å². The lowest BCUT2D eigenvalue weighted by molar-refractivity contribution is -0.121. The van der Waals surface area contributed by atoms with E-state index >= 15 is 0 Å². The molecule has 1 aromatic carbocycles. The molecule has 6 heteroatoms. The molecule has 0 radical (unpaired) electrons. The van der Waals surface area contributed by atoms with Crippen LogP contribution >= 0.6 is 11.6 Å². The third kappa shape index (κ3) is 2.83. The fourth-order valence-electron chi connectivity index (χ4n) is 3.83. The van der Waals surface area contributed by atoms with Gasteiger partial charge >= 0.3 is 0 Å². The number of benzene rings is 1. The number of amides is 2. The minimum absolute atomic E-state index is 0.0250. The van der Waals surface area contributed by atoms with Gasteiger partial charge in [0.1, 0.15) is 0 Å². The number of fused-ring (bicyclic) bond motifs is 2. The summed E-state index contributed by atoms with van der Waals surface area (Å²) in [4.78, 5) is 23.5. The number of nitrogens with one attached hydrogen (secondary N) is 2. The fraction of sp³-hybridized carbons (Fsp3) is 0.500. The Hall–Kier alpha value is -1.59. The summed E-state index contributed by atoms with van der Waals surface area (Å²) < 4.78 is 0. The molecule has 118 valence electrons. The number of carbonyl (C=O) groups is 2. The van der Waals surface area contributed by atoms with Crippen molar-refractivity contribution in [2.24, 2.45) is 23.5 Å². The molecule has 1 aromatic rings. The lowest BCUT2D eigenvalue weighted by Crippen LogP contribution is -2.42. The molecule has 0 aliphatic heterocycles. The highest BCUT2D eigenvalue weighted by molar-refractivity contribution is 6.34. The second kappa shape index (κ2) is 5.89. The molecule has 5 nitrogen and oxygen atoms in total. The molecule has 2 aliphatic rings. The van der Waals surface area contributed by atoms with Crippen LogP contribution in [-0.2, 0) is 9.59 Å². The topological polar surface area (TPSA) is 84.2 Å². The molecule has 4 unspecified atom stereocenters. The maximum atomic E-state index is 12.5. The van der Waals surface area contributed by atoms with Crippen LogP contribution in [0.4, 0.5) is 11.4 Å². The Morgan fingerprint density at radius 2 is 1.95 bits per heavy atom. The molecular formula is C16H20ClN3O2. The molecule has 2 bridgehead atoms. The average molecular weight is 322 g/mol. The molecule has 2 aliphatic carbocycles. The van der Waals surface area contributed by atoms with Crippen molar-refractivity contribution in [2.75, 3.05) is 10.6 Å². The summed E-state index contributed by atoms with van der Waals surface area (Å²) in [5.41, 5.74) is 7.35. The van der Waals surface area contributed by atoms with Crippen LogP contribution in [0.5, 0.6) is 0 Å². The van der Waals surface area contributed by atoms with E-state index < -0.39 is 0 Å². The van der Waals surface area contributed by atoms with Gasteiger partial charge in [-0.25, -0.2) is 0 Å². The van der Waals surface area contributed by atoms with E-state index in [2.05, 4.69) is 10.6 Å². The van der Waals surface area contributed by atoms with E-state index in [1.54, 1.807) is 18.2 Å². The molecular weight excluding hydrogens is 302 g/mol. The van der Waals surface area contributed by atoms with Gasteiger partial charge in [-0.3, -0.25) is 9.59 Å². The van der Waals surface area contributed by atoms with Crippen LogP contribution in [0, 0.1) is 17.8 Å². The first-order valence-corrected chi connectivity index (χ1v) is 7.97. The Kier molecular flexibility index (Phi) is 4.10. The lowest BCUT2D eigenvalue weighted by Gasteiger charge is -2.27. The molecule has 0 heterocycles. The van der Waals surface area contributed by atoms with Crippen molar-refractivity contribution >= 4 is 34.8 Å². The zero-order valence-electron chi connectivity index (χ0n) is 12.4. The van der Waals surface area contributed by atoms with E-state index in [0.29, 0.717) is 28.2 Å². The molecule has 2 fully saturated rings. The van der Waals surface area contributed by atoms with Crippen LogP contribution in [0.2, 0.25) is 5.02 Å². The largest absolute Gasteiger partial charge is 0.327 e. The standard InChI is InChI=1S/C16H20ClN3O2/c1-8(21)19-13-5-4-11(7-12(13)17)20-16(22)14-9-2-3-10(6-9)15(14)18/h4-5,7,9-10,14-15H,2-3,6,18H2,1H3,(H,19,21)(H,20,22). The van der Waals surface area contributed by atoms with Crippen molar-refractivity contribution in [1.29, 1.82) is 0 Å². The predicted octanol–water partition coefficient (Wildman–Crippen LogP) is 2.61. The highest BCUT2D eigenvalue weighted by Gasteiger charge is 2.49. The maximum absolute atomic E-state index is 12.5. The van der Waals surface area contributed by atoms with Gasteiger partial charge in [0.25, 0.3) is 0 Å². The number of halogens is 1. The van der Waals surface area contributed by atoms with E-state index in [4.69, 9.17) is 17.3 Å². The van der Waals surface area contributed by atoms with Crippen molar-refractivity contribution in [1.82, 2.24) is 0 Å². The minimum atomic E-state index is -0.188. The summed E-state index contributed by atoms with van der Waals surface area (Å²) in [5.74, 6) is 0.586. The first-order chi connectivity index (χ1) is 10.5. The summed E-state index contributed by atoms with van der Waals surface area (Å²) in [6.45, 7) is 1.42. The van der Waals surface area contributed by atoms with Gasteiger partial charge in [0, 0.05) is 18.7 Å². The van der Waals surface area contributed by atoms with Gasteiger partial charge in [-0.2, -0.15) is 0 Å². The zero-order valence-corrected chi connectivity index (χ0v) is 13.2. The lowest BCUT2D eigenvalue weighted by atomic mass is 9.84. The molecule has 22 heavy (non-hydrogen) atoms. The van der Waals surface area contributed by atoms with Crippen LogP contribution in [-0.4, -0.2) is 17.9 Å². The molecule has 4 N–H and O–H groups in total. The summed E-state index contributed by atoms with van der Waals surface area (Å²) in [6, 6.07) is 5.02. The Morgan fingerprint density at radius 1 is 1.23 bits per heavy atom. The smallest absolute Gasteiger partial charge is 0.229 e. The van der Waals surface area contributed by atoms with Crippen LogP contribution in [0.25, 0.3) is 0 Å². The third-order valence-corrected chi connectivity index (χ3v) is 5.14. The molecule has 2 amide bonds. The van der Waals surface area contributed by atoms with Crippen LogP contribution < -0.4 is 16.4 Å². The maximum Gasteiger partial charge on any atom is 0.229 e. The van der Waals surface area contributed by atoms with Gasteiger partial charge in [-0.1, -0.05) is 11.6 Å². The van der Waals surface area contributed by atoms with Crippen LogP contribution in [0.15, 0.2) is 18.2 Å². The Morgan fingerprint density at radius 3 is 2.55 bits per heavy atom. The van der Waals surface area contributed by atoms with E-state index in [9.17, 15) is 9.59 Å². The third-order valence-electron chi connectivity index (χ3n) is 4.83. The van der Waals surface area contributed by atoms with E-state index in [0.717, 1.165) is 19.3 Å². The van der Waals surface area contributed by atoms with Gasteiger partial charge in [-0.15, -0.1) is 0 Å². The molecule has 4 atom stereocenters. The predicted molar refractivity (Wildman–Crippen MR) is 86.7 cm³/mol. The molecule has 0 saturated heterocycles. The SMILES string of the molecule is CC(=O)Nc1ccc(NC(=O)C2C3CCC(C3)C2N)cc1Cl. The molecule has 0 spiro atoms. The monoisotopic (exact) mass is 321 g/mol. The number of hydrogen-bond donors (Lipinski definition) is 3. The van der Waals surface area contributed by atoms with Crippen molar-refractivity contribution in [2.45, 2.75) is 32.2 Å². The summed E-state index contributed by atoms with van der Waals surface area (Å²) in [6.07, 6.45) is 3.31. The number of anilines is 2. The number of rotatable bonds is 3. The normalized spacial score (nSPS) is 29.4. The summed E-state index contributed by atoms with van der Waals surface area (Å²) in [7, 11) is 0. The van der Waals surface area contributed by atoms with E-state index in [1.165, 1.54) is 6.92 Å². The quantitative estimate of drug-likeness (QED) is 0.800. The summed E-state index contributed by atoms with van der Waals surface area (Å²) >= 11 is 6.12. The molecule has 2 saturated carbocycles. The first-order valence-electron chi connectivity index (χ1n) is 7.59. The molecule has 3 rings (SSSR count). The molecule has 0 aromatic heterocycles. The van der Waals surface area contributed by atoms with E-state index in [-0.39, 0.29) is 23.8 Å². The fourth-order valence-corrected chi connectivity index (χ4v) is 4.06. The van der Waals surface area contributed by atoms with Gasteiger partial charge in [0.05, 0.1) is 16.6 Å². The van der Waals surface area contributed by atoms with Crippen molar-refractivity contribution in [3.8, 4) is 0 Å². The Balaban J connectivity index is 1.69. The van der Waals surface area contributed by atoms with Crippen molar-refractivity contribution < 1.29 is 9.59 Å². The van der Waals surface area contributed by atoms with Crippen LogP contribution in [0.3, 0.4) is 0 Å². The average Bonchev–Trinajstić information content (AvgIpc) is 3.02. The number of hydrogen-bond acceptors (Lipinski definition) is 3. The highest BCUT2D eigenvalue weighted by Crippen LogP contribution is 2.48. The number of nitrogens with two attached hydrogens (primary N) is 1. The van der Waals surface area contributed by atoms with Gasteiger partial charge in [-0.05, 0) is 49.3 Å². The minimum Gasteiger partial charge on any atom is -0.327 e.